The summed E-state index contributed by atoms with van der Waals surface area (Å²) in [6.07, 6.45) is 10.1. The number of hydrogen-bond acceptors (Lipinski definition) is 3. The number of hydrogen-bond donors (Lipinski definition) is 2. The van der Waals surface area contributed by atoms with E-state index >= 15 is 0 Å². The average molecular weight is 289 g/mol. The van der Waals surface area contributed by atoms with Crippen LogP contribution >= 0.6 is 9.47 Å². The lowest BCUT2D eigenvalue weighted by atomic mass is 9.84. The van der Waals surface area contributed by atoms with E-state index in [1.807, 2.05) is 19.1 Å². The van der Waals surface area contributed by atoms with Gasteiger partial charge < -0.3 is 14.7 Å². The number of allylic oxidation sites excluding steroid dienone is 1. The molecule has 1 rings (SSSR count). The van der Waals surface area contributed by atoms with Crippen LogP contribution in [0.25, 0.3) is 0 Å². The topological polar surface area (TPSA) is 49.7 Å². The Labute approximate surface area is 121 Å². The second kappa shape index (κ2) is 9.07. The molecule has 19 heavy (non-hydrogen) atoms. The van der Waals surface area contributed by atoms with Crippen LogP contribution in [0.1, 0.15) is 53.2 Å². The normalized spacial score (nSPS) is 24.3. The smallest absolute Gasteiger partial charge is 0.0967 e. The Morgan fingerprint density at radius 2 is 2.21 bits per heavy atom. The highest BCUT2D eigenvalue weighted by Crippen LogP contribution is 2.29. The van der Waals surface area contributed by atoms with Crippen LogP contribution in [0.15, 0.2) is 12.2 Å². The van der Waals surface area contributed by atoms with Crippen molar-refractivity contribution in [2.75, 3.05) is 13.2 Å². The van der Waals surface area contributed by atoms with Crippen molar-refractivity contribution in [1.29, 1.82) is 0 Å². The summed E-state index contributed by atoms with van der Waals surface area (Å²) in [6, 6.07) is 0. The fourth-order valence-electron chi connectivity index (χ4n) is 2.83. The quantitative estimate of drug-likeness (QED) is 0.506. The Balaban J connectivity index is 2.63. The summed E-state index contributed by atoms with van der Waals surface area (Å²) in [5.74, 6) is -0.677. The molecule has 0 spiro atoms. The Kier molecular flexibility index (Phi) is 7.37. The summed E-state index contributed by atoms with van der Waals surface area (Å²) in [6.45, 7) is 2.09. The first-order chi connectivity index (χ1) is 9.49. The molecule has 3 atom stereocenters. The number of aliphatic hydroxyl groups is 2. The predicted octanol–water partition coefficient (Wildman–Crippen LogP) is 3.07. The summed E-state index contributed by atoms with van der Waals surface area (Å²) >= 11 is 0. The minimum atomic E-state index is -1.04. The lowest BCUT2D eigenvalue weighted by Crippen LogP contribution is -2.42. The van der Waals surface area contributed by atoms with E-state index in [2.05, 4.69) is 9.47 Å². The highest BCUT2D eigenvalue weighted by atomic mass is 31.0. The molecule has 0 aromatic heterocycles. The van der Waals surface area contributed by atoms with Crippen LogP contribution in [0.4, 0.5) is 0 Å². The zero-order valence-corrected chi connectivity index (χ0v) is 13.1. The highest BCUT2D eigenvalue weighted by Gasteiger charge is 2.34. The second-order valence-electron chi connectivity index (χ2n) is 5.54. The maximum Gasteiger partial charge on any atom is 0.0967 e. The van der Waals surface area contributed by atoms with E-state index in [9.17, 15) is 10.2 Å². The SMILES string of the molecule is [2H]C1(C/C=C/[C@H](CO)[C@@](O)(CCC)COP)CCCC1. The van der Waals surface area contributed by atoms with Crippen LogP contribution in [-0.2, 0) is 4.52 Å². The van der Waals surface area contributed by atoms with Crippen LogP contribution in [0.3, 0.4) is 0 Å². The lowest BCUT2D eigenvalue weighted by molar-refractivity contribution is -0.0563. The molecule has 0 aliphatic heterocycles. The van der Waals surface area contributed by atoms with Crippen LogP contribution in [0.5, 0.6) is 0 Å². The summed E-state index contributed by atoms with van der Waals surface area (Å²) in [5, 5.41) is 20.2. The Hall–Kier alpha value is 0.0500. The van der Waals surface area contributed by atoms with Gasteiger partial charge in [-0.2, -0.15) is 0 Å². The Morgan fingerprint density at radius 3 is 2.74 bits per heavy atom. The van der Waals surface area contributed by atoms with Gasteiger partial charge in [0.25, 0.3) is 0 Å². The fourth-order valence-corrected chi connectivity index (χ4v) is 3.12. The van der Waals surface area contributed by atoms with Crippen molar-refractivity contribution in [3.05, 3.63) is 12.2 Å². The van der Waals surface area contributed by atoms with Gasteiger partial charge in [0.15, 0.2) is 0 Å². The zero-order chi connectivity index (χ0) is 15.1. The van der Waals surface area contributed by atoms with Gasteiger partial charge in [0.1, 0.15) is 0 Å². The first-order valence-corrected chi connectivity index (χ1v) is 7.78. The Morgan fingerprint density at radius 1 is 1.53 bits per heavy atom. The maximum absolute atomic E-state index is 10.6. The number of aliphatic hydroxyl groups excluding tert-OH is 1. The van der Waals surface area contributed by atoms with E-state index in [0.717, 1.165) is 32.1 Å². The minimum absolute atomic E-state index is 0.105. The molecule has 1 saturated carbocycles. The molecule has 0 radical (unpaired) electrons. The largest absolute Gasteiger partial charge is 0.396 e. The van der Waals surface area contributed by atoms with Gasteiger partial charge in [0, 0.05) is 16.8 Å². The maximum atomic E-state index is 10.6. The van der Waals surface area contributed by atoms with Crippen LogP contribution in [0, 0.1) is 11.8 Å². The Bertz CT molecular complexity index is 297. The summed E-state index contributed by atoms with van der Waals surface area (Å²) < 4.78 is 13.3. The van der Waals surface area contributed by atoms with Crippen molar-refractivity contribution >= 4 is 9.47 Å². The summed E-state index contributed by atoms with van der Waals surface area (Å²) in [5.41, 5.74) is -1.04. The van der Waals surface area contributed by atoms with Gasteiger partial charge in [-0.15, -0.1) is 0 Å². The molecule has 0 saturated heterocycles. The molecule has 112 valence electrons. The van der Waals surface area contributed by atoms with Gasteiger partial charge in [-0.3, -0.25) is 0 Å². The molecule has 1 unspecified atom stereocenters. The van der Waals surface area contributed by atoms with Crippen molar-refractivity contribution in [2.45, 2.75) is 57.5 Å². The molecule has 1 aliphatic carbocycles. The second-order valence-corrected chi connectivity index (χ2v) is 5.88. The van der Waals surface area contributed by atoms with Crippen molar-refractivity contribution in [1.82, 2.24) is 0 Å². The molecule has 2 N–H and O–H groups in total. The monoisotopic (exact) mass is 289 g/mol. The molecule has 1 fully saturated rings. The first-order valence-electron chi connectivity index (χ1n) is 7.81. The molecule has 1 aliphatic rings. The molecule has 0 bridgehead atoms. The van der Waals surface area contributed by atoms with Gasteiger partial charge in [-0.05, 0) is 18.7 Å². The summed E-state index contributed by atoms with van der Waals surface area (Å²) in [4.78, 5) is 0. The molecule has 3 nitrogen and oxygen atoms in total. The zero-order valence-electron chi connectivity index (χ0n) is 13.0. The standard InChI is InChI=1S/C15H29O3P/c1-2-10-15(17,12-18-19)14(11-16)9-5-8-13-6-3-4-7-13/h5,9,13-14,16-17H,2-4,6-8,10-12,19H2,1H3/b9-5+/t14-,15-/m1/s1/i13D. The molecule has 0 heterocycles. The number of rotatable bonds is 9. The third kappa shape index (κ3) is 5.51. The van der Waals surface area contributed by atoms with Crippen LogP contribution in [-0.4, -0.2) is 29.0 Å². The van der Waals surface area contributed by atoms with E-state index in [1.54, 1.807) is 0 Å². The molecular formula is C15H29O3P. The van der Waals surface area contributed by atoms with Gasteiger partial charge in [0.2, 0.25) is 0 Å². The predicted molar refractivity (Wildman–Crippen MR) is 81.8 cm³/mol. The first kappa shape index (κ1) is 15.4. The third-order valence-electron chi connectivity index (χ3n) is 3.99. The minimum Gasteiger partial charge on any atom is -0.396 e. The van der Waals surface area contributed by atoms with Crippen molar-refractivity contribution in [3.63, 3.8) is 0 Å². The molecular weight excluding hydrogens is 259 g/mol. The van der Waals surface area contributed by atoms with Gasteiger partial charge in [-0.1, -0.05) is 51.2 Å². The van der Waals surface area contributed by atoms with E-state index in [-0.39, 0.29) is 25.0 Å². The third-order valence-corrected chi connectivity index (χ3v) is 4.16. The van der Waals surface area contributed by atoms with E-state index < -0.39 is 5.60 Å². The van der Waals surface area contributed by atoms with Crippen LogP contribution < -0.4 is 0 Å². The van der Waals surface area contributed by atoms with E-state index in [4.69, 9.17) is 5.89 Å². The van der Waals surface area contributed by atoms with Crippen molar-refractivity contribution in [2.24, 2.45) is 11.8 Å². The van der Waals surface area contributed by atoms with E-state index in [0.29, 0.717) is 12.8 Å². The fraction of sp³-hybridized carbons (Fsp3) is 0.867. The van der Waals surface area contributed by atoms with Gasteiger partial charge in [0.05, 0.1) is 18.8 Å². The van der Waals surface area contributed by atoms with Crippen molar-refractivity contribution in [3.8, 4) is 0 Å². The van der Waals surface area contributed by atoms with Crippen molar-refractivity contribution < 1.29 is 16.1 Å². The summed E-state index contributed by atoms with van der Waals surface area (Å²) in [7, 11) is 2.15. The average Bonchev–Trinajstić information content (AvgIpc) is 2.82. The van der Waals surface area contributed by atoms with Gasteiger partial charge in [-0.25, -0.2) is 0 Å². The van der Waals surface area contributed by atoms with E-state index in [1.165, 1.54) is 0 Å². The van der Waals surface area contributed by atoms with Gasteiger partial charge >= 0.3 is 0 Å². The lowest BCUT2D eigenvalue weighted by Gasteiger charge is -2.32. The van der Waals surface area contributed by atoms with Crippen LogP contribution in [0.2, 0.25) is 0 Å². The molecule has 0 amide bonds. The highest BCUT2D eigenvalue weighted by molar-refractivity contribution is 7.09. The molecule has 0 aromatic rings. The molecule has 4 heteroatoms. The molecule has 0 aromatic carbocycles.